The summed E-state index contributed by atoms with van der Waals surface area (Å²) in [4.78, 5) is 0. The number of likely N-dealkylation sites (N-methyl/N-ethyl adjacent to an activating group) is 1. The van der Waals surface area contributed by atoms with E-state index >= 15 is 0 Å². The first-order chi connectivity index (χ1) is 7.07. The standard InChI is InChI=1S/C11H16FNO2/c1-11(7-14,13-2)8-4-5-10(15-3)9(12)6-8/h4-6,13-14H,7H2,1-3H3. The SMILES string of the molecule is CNC(C)(CO)c1ccc(OC)c(F)c1. The summed E-state index contributed by atoms with van der Waals surface area (Å²) >= 11 is 0. The van der Waals surface area contributed by atoms with Gasteiger partial charge in [-0.15, -0.1) is 0 Å². The van der Waals surface area contributed by atoms with Gasteiger partial charge in [0.25, 0.3) is 0 Å². The molecule has 1 aromatic rings. The highest BCUT2D eigenvalue weighted by atomic mass is 19.1. The largest absolute Gasteiger partial charge is 0.494 e. The van der Waals surface area contributed by atoms with Crippen LogP contribution in [0.1, 0.15) is 12.5 Å². The Labute approximate surface area is 88.9 Å². The van der Waals surface area contributed by atoms with Gasteiger partial charge in [0.05, 0.1) is 19.3 Å². The first kappa shape index (κ1) is 11.9. The van der Waals surface area contributed by atoms with Crippen LogP contribution in [-0.4, -0.2) is 25.9 Å². The molecule has 4 heteroatoms. The van der Waals surface area contributed by atoms with Crippen molar-refractivity contribution in [2.45, 2.75) is 12.5 Å². The van der Waals surface area contributed by atoms with Crippen LogP contribution in [0.15, 0.2) is 18.2 Å². The fourth-order valence-corrected chi connectivity index (χ4v) is 1.32. The predicted octanol–water partition coefficient (Wildman–Crippen LogP) is 1.26. The van der Waals surface area contributed by atoms with E-state index in [2.05, 4.69) is 5.32 Å². The highest BCUT2D eigenvalue weighted by Gasteiger charge is 2.24. The molecular formula is C11H16FNO2. The molecule has 0 aliphatic rings. The molecule has 0 spiro atoms. The predicted molar refractivity (Wildman–Crippen MR) is 56.4 cm³/mol. The average molecular weight is 213 g/mol. The zero-order valence-electron chi connectivity index (χ0n) is 9.17. The summed E-state index contributed by atoms with van der Waals surface area (Å²) in [6.07, 6.45) is 0. The lowest BCUT2D eigenvalue weighted by Crippen LogP contribution is -2.40. The number of aliphatic hydroxyl groups excluding tert-OH is 1. The maximum absolute atomic E-state index is 13.4. The van der Waals surface area contributed by atoms with Crippen molar-refractivity contribution in [3.05, 3.63) is 29.6 Å². The maximum Gasteiger partial charge on any atom is 0.165 e. The van der Waals surface area contributed by atoms with Gasteiger partial charge in [0.1, 0.15) is 0 Å². The molecule has 3 nitrogen and oxygen atoms in total. The number of nitrogens with one attached hydrogen (secondary N) is 1. The first-order valence-electron chi connectivity index (χ1n) is 4.71. The molecule has 1 atom stereocenters. The van der Waals surface area contributed by atoms with Gasteiger partial charge in [-0.1, -0.05) is 6.07 Å². The van der Waals surface area contributed by atoms with Crippen molar-refractivity contribution >= 4 is 0 Å². The van der Waals surface area contributed by atoms with Gasteiger partial charge in [-0.25, -0.2) is 4.39 Å². The fourth-order valence-electron chi connectivity index (χ4n) is 1.32. The summed E-state index contributed by atoms with van der Waals surface area (Å²) in [7, 11) is 3.14. The number of ether oxygens (including phenoxy) is 1. The molecule has 0 heterocycles. The second kappa shape index (κ2) is 4.59. The Morgan fingerprint density at radius 2 is 2.20 bits per heavy atom. The van der Waals surface area contributed by atoms with Crippen molar-refractivity contribution in [1.29, 1.82) is 0 Å². The van der Waals surface area contributed by atoms with E-state index in [1.165, 1.54) is 13.2 Å². The smallest absolute Gasteiger partial charge is 0.165 e. The Kier molecular flexibility index (Phi) is 3.66. The molecule has 0 saturated heterocycles. The molecule has 0 amide bonds. The van der Waals surface area contributed by atoms with Gasteiger partial charge in [0.15, 0.2) is 11.6 Å². The van der Waals surface area contributed by atoms with Crippen LogP contribution in [0.2, 0.25) is 0 Å². The van der Waals surface area contributed by atoms with E-state index in [4.69, 9.17) is 4.74 Å². The summed E-state index contributed by atoms with van der Waals surface area (Å²) in [6.45, 7) is 1.70. The molecule has 0 fully saturated rings. The van der Waals surface area contributed by atoms with Crippen LogP contribution in [0, 0.1) is 5.82 Å². The Morgan fingerprint density at radius 1 is 1.53 bits per heavy atom. The number of benzene rings is 1. The molecule has 0 bridgehead atoms. The molecule has 1 aromatic carbocycles. The van der Waals surface area contributed by atoms with E-state index in [-0.39, 0.29) is 12.4 Å². The minimum atomic E-state index is -0.632. The molecule has 0 aromatic heterocycles. The first-order valence-corrected chi connectivity index (χ1v) is 4.71. The molecule has 0 saturated carbocycles. The van der Waals surface area contributed by atoms with Crippen molar-refractivity contribution in [2.75, 3.05) is 20.8 Å². The molecule has 0 aliphatic heterocycles. The van der Waals surface area contributed by atoms with Crippen molar-refractivity contribution in [3.8, 4) is 5.75 Å². The number of hydrogen-bond donors (Lipinski definition) is 2. The maximum atomic E-state index is 13.4. The highest BCUT2D eigenvalue weighted by Crippen LogP contribution is 2.25. The van der Waals surface area contributed by atoms with Crippen molar-refractivity contribution in [2.24, 2.45) is 0 Å². The Morgan fingerprint density at radius 3 is 2.60 bits per heavy atom. The summed E-state index contributed by atoms with van der Waals surface area (Å²) in [5.74, 6) is -0.222. The Balaban J connectivity index is 3.11. The van der Waals surface area contributed by atoms with Gasteiger partial charge < -0.3 is 15.2 Å². The van der Waals surface area contributed by atoms with Crippen LogP contribution in [0.5, 0.6) is 5.75 Å². The third kappa shape index (κ3) is 2.27. The molecule has 84 valence electrons. The van der Waals surface area contributed by atoms with Crippen LogP contribution < -0.4 is 10.1 Å². The number of methoxy groups -OCH3 is 1. The summed E-state index contributed by atoms with van der Waals surface area (Å²) in [5, 5.41) is 12.2. The zero-order chi connectivity index (χ0) is 11.5. The summed E-state index contributed by atoms with van der Waals surface area (Å²) in [5.41, 5.74) is 0.0541. The zero-order valence-corrected chi connectivity index (χ0v) is 9.17. The lowest BCUT2D eigenvalue weighted by molar-refractivity contribution is 0.183. The van der Waals surface area contributed by atoms with Crippen molar-refractivity contribution < 1.29 is 14.2 Å². The highest BCUT2D eigenvalue weighted by molar-refractivity contribution is 5.33. The van der Waals surface area contributed by atoms with Crippen LogP contribution in [0.4, 0.5) is 4.39 Å². The minimum Gasteiger partial charge on any atom is -0.494 e. The lowest BCUT2D eigenvalue weighted by Gasteiger charge is -2.27. The van der Waals surface area contributed by atoms with E-state index in [0.717, 1.165) is 0 Å². The minimum absolute atomic E-state index is 0.102. The average Bonchev–Trinajstić information content (AvgIpc) is 2.28. The number of rotatable bonds is 4. The third-order valence-corrected chi connectivity index (χ3v) is 2.66. The van der Waals surface area contributed by atoms with Crippen LogP contribution in [0.3, 0.4) is 0 Å². The summed E-state index contributed by atoms with van der Waals surface area (Å²) < 4.78 is 18.2. The molecule has 1 rings (SSSR count). The van der Waals surface area contributed by atoms with Crippen LogP contribution in [-0.2, 0) is 5.54 Å². The summed E-state index contributed by atoms with van der Waals surface area (Å²) in [6, 6.07) is 4.65. The topological polar surface area (TPSA) is 41.5 Å². The normalized spacial score (nSPS) is 14.7. The number of hydrogen-bond acceptors (Lipinski definition) is 3. The third-order valence-electron chi connectivity index (χ3n) is 2.66. The molecule has 0 aliphatic carbocycles. The van der Waals surface area contributed by atoms with Crippen LogP contribution in [0.25, 0.3) is 0 Å². The molecule has 0 radical (unpaired) electrons. The van der Waals surface area contributed by atoms with E-state index in [1.54, 1.807) is 26.1 Å². The second-order valence-electron chi connectivity index (χ2n) is 3.59. The molecule has 1 unspecified atom stereocenters. The molecule has 15 heavy (non-hydrogen) atoms. The van der Waals surface area contributed by atoms with E-state index in [9.17, 15) is 9.50 Å². The van der Waals surface area contributed by atoms with E-state index in [0.29, 0.717) is 5.56 Å². The van der Waals surface area contributed by atoms with Crippen molar-refractivity contribution in [3.63, 3.8) is 0 Å². The van der Waals surface area contributed by atoms with Gasteiger partial charge in [-0.05, 0) is 31.7 Å². The Hall–Kier alpha value is -1.13. The molecule has 2 N–H and O–H groups in total. The fraction of sp³-hybridized carbons (Fsp3) is 0.455. The van der Waals surface area contributed by atoms with Gasteiger partial charge in [0.2, 0.25) is 0 Å². The number of halogens is 1. The van der Waals surface area contributed by atoms with Gasteiger partial charge >= 0.3 is 0 Å². The van der Waals surface area contributed by atoms with Gasteiger partial charge in [0, 0.05) is 0 Å². The lowest BCUT2D eigenvalue weighted by atomic mass is 9.93. The Bertz CT molecular complexity index is 337. The van der Waals surface area contributed by atoms with Gasteiger partial charge in [-0.2, -0.15) is 0 Å². The number of aliphatic hydroxyl groups is 1. The monoisotopic (exact) mass is 213 g/mol. The van der Waals surface area contributed by atoms with Crippen molar-refractivity contribution in [1.82, 2.24) is 5.32 Å². The molecular weight excluding hydrogens is 197 g/mol. The van der Waals surface area contributed by atoms with Gasteiger partial charge in [-0.3, -0.25) is 0 Å². The van der Waals surface area contributed by atoms with E-state index in [1.807, 2.05) is 0 Å². The van der Waals surface area contributed by atoms with E-state index < -0.39 is 11.4 Å². The second-order valence-corrected chi connectivity index (χ2v) is 3.59. The quantitative estimate of drug-likeness (QED) is 0.791. The van der Waals surface area contributed by atoms with Crippen LogP contribution >= 0.6 is 0 Å².